The first kappa shape index (κ1) is 12.1. The number of hydrogen-bond acceptors (Lipinski definition) is 2. The molecule has 2 aromatic carbocycles. The van der Waals surface area contributed by atoms with E-state index in [-0.39, 0.29) is 5.78 Å². The minimum atomic E-state index is 0.0560. The predicted molar refractivity (Wildman–Crippen MR) is 79.2 cm³/mol. The Morgan fingerprint density at radius 3 is 2.79 bits per heavy atom. The van der Waals surface area contributed by atoms with E-state index in [1.165, 1.54) is 0 Å². The van der Waals surface area contributed by atoms with Crippen LogP contribution in [0.15, 0.2) is 46.9 Å². The van der Waals surface area contributed by atoms with Gasteiger partial charge in [0.2, 0.25) is 0 Å². The van der Waals surface area contributed by atoms with Crippen LogP contribution in [0.1, 0.15) is 17.3 Å². The first-order valence-electron chi connectivity index (χ1n) is 5.90. The van der Waals surface area contributed by atoms with Crippen LogP contribution in [-0.4, -0.2) is 15.8 Å². The van der Waals surface area contributed by atoms with Crippen LogP contribution in [0.5, 0.6) is 0 Å². The summed E-state index contributed by atoms with van der Waals surface area (Å²) in [6.45, 7) is 1.56. The summed E-state index contributed by atoms with van der Waals surface area (Å²) in [5.74, 6) is 0.859. The van der Waals surface area contributed by atoms with Gasteiger partial charge in [-0.3, -0.25) is 4.79 Å². The zero-order valence-corrected chi connectivity index (χ0v) is 11.9. The van der Waals surface area contributed by atoms with Gasteiger partial charge in [-0.1, -0.05) is 28.1 Å². The Balaban J connectivity index is 2.14. The number of rotatable bonds is 2. The highest BCUT2D eigenvalue weighted by Crippen LogP contribution is 2.23. The van der Waals surface area contributed by atoms with Crippen molar-refractivity contribution in [1.29, 1.82) is 0 Å². The van der Waals surface area contributed by atoms with E-state index in [0.29, 0.717) is 5.56 Å². The number of ketones is 1. The third-order valence-corrected chi connectivity index (χ3v) is 3.48. The van der Waals surface area contributed by atoms with Gasteiger partial charge in [-0.15, -0.1) is 0 Å². The van der Waals surface area contributed by atoms with Crippen molar-refractivity contribution < 1.29 is 4.79 Å². The predicted octanol–water partition coefficient (Wildman–Crippen LogP) is 4.20. The number of carbonyl (C=O) groups excluding carboxylic acids is 1. The van der Waals surface area contributed by atoms with Crippen LogP contribution in [0.2, 0.25) is 0 Å². The first-order valence-corrected chi connectivity index (χ1v) is 6.69. The molecule has 0 unspecified atom stereocenters. The highest BCUT2D eigenvalue weighted by Gasteiger charge is 2.07. The maximum absolute atomic E-state index is 11.4. The average Bonchev–Trinajstić information content (AvgIpc) is 2.81. The molecule has 19 heavy (non-hydrogen) atoms. The lowest BCUT2D eigenvalue weighted by atomic mass is 10.1. The van der Waals surface area contributed by atoms with E-state index in [1.807, 2.05) is 36.4 Å². The van der Waals surface area contributed by atoms with Crippen molar-refractivity contribution in [1.82, 2.24) is 9.97 Å². The topological polar surface area (TPSA) is 45.8 Å². The Labute approximate surface area is 118 Å². The van der Waals surface area contributed by atoms with Crippen LogP contribution in [0.4, 0.5) is 0 Å². The van der Waals surface area contributed by atoms with Crippen molar-refractivity contribution in [3.63, 3.8) is 0 Å². The number of hydrogen-bond donors (Lipinski definition) is 1. The van der Waals surface area contributed by atoms with E-state index in [0.717, 1.165) is 26.9 Å². The summed E-state index contributed by atoms with van der Waals surface area (Å²) in [4.78, 5) is 19.2. The van der Waals surface area contributed by atoms with Gasteiger partial charge in [-0.05, 0) is 37.3 Å². The van der Waals surface area contributed by atoms with Crippen molar-refractivity contribution in [2.45, 2.75) is 6.92 Å². The number of benzene rings is 2. The van der Waals surface area contributed by atoms with Crippen LogP contribution in [0.25, 0.3) is 22.4 Å². The van der Waals surface area contributed by atoms with Crippen LogP contribution in [-0.2, 0) is 0 Å². The molecule has 3 rings (SSSR count). The normalized spacial score (nSPS) is 10.8. The molecule has 0 atom stereocenters. The van der Waals surface area contributed by atoms with Gasteiger partial charge in [0.1, 0.15) is 5.82 Å². The second-order valence-corrected chi connectivity index (χ2v) is 5.30. The van der Waals surface area contributed by atoms with Crippen molar-refractivity contribution >= 4 is 32.7 Å². The largest absolute Gasteiger partial charge is 0.338 e. The molecule has 94 valence electrons. The fourth-order valence-electron chi connectivity index (χ4n) is 2.00. The van der Waals surface area contributed by atoms with Crippen LogP contribution in [0.3, 0.4) is 0 Å². The Morgan fingerprint density at radius 2 is 2.05 bits per heavy atom. The molecule has 0 fully saturated rings. The van der Waals surface area contributed by atoms with Gasteiger partial charge in [-0.25, -0.2) is 4.98 Å². The molecule has 0 spiro atoms. The highest BCUT2D eigenvalue weighted by molar-refractivity contribution is 9.10. The monoisotopic (exact) mass is 314 g/mol. The van der Waals surface area contributed by atoms with Crippen LogP contribution < -0.4 is 0 Å². The number of H-pyrrole nitrogens is 1. The number of aromatic nitrogens is 2. The lowest BCUT2D eigenvalue weighted by Crippen LogP contribution is -1.90. The van der Waals surface area contributed by atoms with E-state index in [4.69, 9.17) is 0 Å². The van der Waals surface area contributed by atoms with Crippen molar-refractivity contribution in [3.05, 3.63) is 52.5 Å². The van der Waals surface area contributed by atoms with Gasteiger partial charge in [0.25, 0.3) is 0 Å². The molecule has 0 amide bonds. The van der Waals surface area contributed by atoms with E-state index >= 15 is 0 Å². The molecule has 3 aromatic rings. The van der Waals surface area contributed by atoms with Gasteiger partial charge in [0.05, 0.1) is 11.0 Å². The highest BCUT2D eigenvalue weighted by atomic mass is 79.9. The molecule has 0 radical (unpaired) electrons. The number of Topliss-reactive ketones (excluding diaryl/α,β-unsaturated/α-hetero) is 1. The molecule has 0 saturated heterocycles. The Kier molecular flexibility index (Phi) is 2.95. The molecule has 0 aliphatic carbocycles. The zero-order chi connectivity index (χ0) is 13.4. The van der Waals surface area contributed by atoms with Crippen LogP contribution in [0, 0.1) is 0 Å². The SMILES string of the molecule is CC(=O)c1ccc2nc(-c3cccc(Br)c3)[nH]c2c1. The molecule has 0 aliphatic heterocycles. The lowest BCUT2D eigenvalue weighted by molar-refractivity contribution is 0.101. The average molecular weight is 315 g/mol. The maximum Gasteiger partial charge on any atom is 0.159 e. The molecule has 3 nitrogen and oxygen atoms in total. The smallest absolute Gasteiger partial charge is 0.159 e. The number of halogens is 1. The number of aromatic amines is 1. The first-order chi connectivity index (χ1) is 9.13. The lowest BCUT2D eigenvalue weighted by Gasteiger charge is -1.96. The molecule has 1 heterocycles. The second kappa shape index (κ2) is 4.63. The van der Waals surface area contributed by atoms with Gasteiger partial charge in [0.15, 0.2) is 5.78 Å². The Hall–Kier alpha value is -1.94. The van der Waals surface area contributed by atoms with Crippen molar-refractivity contribution in [2.75, 3.05) is 0 Å². The minimum absolute atomic E-state index is 0.0560. The molecule has 0 bridgehead atoms. The molecule has 1 aromatic heterocycles. The summed E-state index contributed by atoms with van der Waals surface area (Å²) in [6, 6.07) is 13.4. The van der Waals surface area contributed by atoms with Crippen molar-refractivity contribution in [3.8, 4) is 11.4 Å². The fraction of sp³-hybridized carbons (Fsp3) is 0.0667. The van der Waals surface area contributed by atoms with Crippen LogP contribution >= 0.6 is 15.9 Å². The number of imidazole rings is 1. The van der Waals surface area contributed by atoms with Gasteiger partial charge < -0.3 is 4.98 Å². The summed E-state index contributed by atoms with van der Waals surface area (Å²) in [6.07, 6.45) is 0. The van der Waals surface area contributed by atoms with E-state index in [9.17, 15) is 4.79 Å². The number of fused-ring (bicyclic) bond motifs is 1. The Bertz CT molecular complexity index is 777. The fourth-order valence-corrected chi connectivity index (χ4v) is 2.40. The third-order valence-electron chi connectivity index (χ3n) is 2.99. The van der Waals surface area contributed by atoms with Gasteiger partial charge in [-0.2, -0.15) is 0 Å². The quantitative estimate of drug-likeness (QED) is 0.721. The summed E-state index contributed by atoms with van der Waals surface area (Å²) in [5.41, 5.74) is 3.44. The molecule has 0 saturated carbocycles. The number of nitrogens with one attached hydrogen (secondary N) is 1. The van der Waals surface area contributed by atoms with E-state index in [1.54, 1.807) is 13.0 Å². The minimum Gasteiger partial charge on any atom is -0.338 e. The van der Waals surface area contributed by atoms with Gasteiger partial charge >= 0.3 is 0 Å². The van der Waals surface area contributed by atoms with Crippen molar-refractivity contribution in [2.24, 2.45) is 0 Å². The van der Waals surface area contributed by atoms with Gasteiger partial charge in [0, 0.05) is 15.6 Å². The number of nitrogens with zero attached hydrogens (tertiary/aromatic N) is 1. The maximum atomic E-state index is 11.4. The standard InChI is InChI=1S/C15H11BrN2O/c1-9(19)10-5-6-13-14(8-10)18-15(17-13)11-3-2-4-12(16)7-11/h2-8H,1H3,(H,17,18). The summed E-state index contributed by atoms with van der Waals surface area (Å²) < 4.78 is 1.01. The van der Waals surface area contributed by atoms with E-state index in [2.05, 4.69) is 25.9 Å². The molecule has 4 heteroatoms. The Morgan fingerprint density at radius 1 is 1.21 bits per heavy atom. The number of carbonyl (C=O) groups is 1. The molecular formula is C15H11BrN2O. The third kappa shape index (κ3) is 2.31. The summed E-state index contributed by atoms with van der Waals surface area (Å²) in [7, 11) is 0. The molecule has 0 aliphatic rings. The summed E-state index contributed by atoms with van der Waals surface area (Å²) >= 11 is 3.45. The molecular weight excluding hydrogens is 304 g/mol. The van der Waals surface area contributed by atoms with E-state index < -0.39 is 0 Å². The zero-order valence-electron chi connectivity index (χ0n) is 10.3. The second-order valence-electron chi connectivity index (χ2n) is 4.38. The summed E-state index contributed by atoms with van der Waals surface area (Å²) in [5, 5.41) is 0. The molecule has 1 N–H and O–H groups in total.